The summed E-state index contributed by atoms with van der Waals surface area (Å²) >= 11 is 0. The minimum Gasteiger partial charge on any atom is -0.497 e. The molecule has 0 saturated carbocycles. The molecular formula is C35H39N3O5S. The fourth-order valence-corrected chi connectivity index (χ4v) is 6.37. The Hall–Kier alpha value is -4.63. The lowest BCUT2D eigenvalue weighted by Crippen LogP contribution is -2.54. The van der Waals surface area contributed by atoms with Gasteiger partial charge in [0.1, 0.15) is 18.3 Å². The average molecular weight is 614 g/mol. The number of hydrogen-bond donors (Lipinski definition) is 1. The van der Waals surface area contributed by atoms with Gasteiger partial charge in [0.2, 0.25) is 11.8 Å². The molecule has 44 heavy (non-hydrogen) atoms. The SMILES string of the molecule is COc1ccc(N(CC(=O)N(Cc2cccc(C)c2)[C@@H](Cc2ccccc2)C(=O)NC(C)C)S(=O)(=O)c2ccccc2)cc1. The lowest BCUT2D eigenvalue weighted by Gasteiger charge is -2.34. The minimum atomic E-state index is -4.16. The van der Waals surface area contributed by atoms with Crippen molar-refractivity contribution in [3.63, 3.8) is 0 Å². The maximum atomic E-state index is 14.5. The van der Waals surface area contributed by atoms with Crippen LogP contribution in [0.15, 0.2) is 114 Å². The van der Waals surface area contributed by atoms with Crippen molar-refractivity contribution in [2.75, 3.05) is 18.0 Å². The number of amides is 2. The van der Waals surface area contributed by atoms with Crippen molar-refractivity contribution in [1.29, 1.82) is 0 Å². The first kappa shape index (κ1) is 32.3. The van der Waals surface area contributed by atoms with Crippen LogP contribution in [-0.4, -0.2) is 50.9 Å². The third-order valence-electron chi connectivity index (χ3n) is 7.11. The molecule has 0 bridgehead atoms. The van der Waals surface area contributed by atoms with Crippen molar-refractivity contribution >= 4 is 27.5 Å². The minimum absolute atomic E-state index is 0.0484. The molecule has 0 unspecified atom stereocenters. The highest BCUT2D eigenvalue weighted by Gasteiger charge is 2.34. The Morgan fingerprint density at radius 1 is 0.818 bits per heavy atom. The van der Waals surface area contributed by atoms with Crippen molar-refractivity contribution in [3.05, 3.63) is 126 Å². The Labute approximate surface area is 260 Å². The van der Waals surface area contributed by atoms with E-state index in [-0.39, 0.29) is 29.8 Å². The number of aryl methyl sites for hydroxylation is 1. The monoisotopic (exact) mass is 613 g/mol. The van der Waals surface area contributed by atoms with Gasteiger partial charge >= 0.3 is 0 Å². The summed E-state index contributed by atoms with van der Waals surface area (Å²) in [5, 5.41) is 2.97. The smallest absolute Gasteiger partial charge is 0.264 e. The topological polar surface area (TPSA) is 96.0 Å². The van der Waals surface area contributed by atoms with E-state index >= 15 is 0 Å². The quantitative estimate of drug-likeness (QED) is 0.219. The Kier molecular flexibility index (Phi) is 10.8. The third-order valence-corrected chi connectivity index (χ3v) is 8.90. The number of rotatable bonds is 13. The molecule has 0 fully saturated rings. The van der Waals surface area contributed by atoms with Gasteiger partial charge in [-0.2, -0.15) is 0 Å². The molecular weight excluding hydrogens is 574 g/mol. The number of benzene rings is 4. The number of carbonyl (C=O) groups is 2. The number of nitrogens with one attached hydrogen (secondary N) is 1. The summed E-state index contributed by atoms with van der Waals surface area (Å²) in [5.74, 6) is -0.278. The van der Waals surface area contributed by atoms with E-state index in [1.807, 2.05) is 75.4 Å². The molecule has 4 rings (SSSR count). The molecule has 1 N–H and O–H groups in total. The number of sulfonamides is 1. The van der Waals surface area contributed by atoms with Crippen LogP contribution in [0, 0.1) is 6.92 Å². The third kappa shape index (κ3) is 8.26. The van der Waals surface area contributed by atoms with Gasteiger partial charge in [0.05, 0.1) is 17.7 Å². The fraction of sp³-hybridized carbons (Fsp3) is 0.257. The maximum absolute atomic E-state index is 14.5. The van der Waals surface area contributed by atoms with Gasteiger partial charge in [-0.05, 0) is 68.3 Å². The molecule has 0 aliphatic heterocycles. The standard InChI is InChI=1S/C35H39N3O5S/c1-26(2)36-35(40)33(23-28-13-7-5-8-14-28)37(24-29-15-11-12-27(3)22-29)34(39)25-38(30-18-20-31(43-4)21-19-30)44(41,42)32-16-9-6-10-17-32/h5-22,26,33H,23-25H2,1-4H3,(H,36,40)/t33-/m0/s1. The molecule has 230 valence electrons. The van der Waals surface area contributed by atoms with E-state index in [2.05, 4.69) is 5.32 Å². The van der Waals surface area contributed by atoms with E-state index in [0.29, 0.717) is 11.4 Å². The summed E-state index contributed by atoms with van der Waals surface area (Å²) in [6, 6.07) is 30.6. The summed E-state index contributed by atoms with van der Waals surface area (Å²) in [4.78, 5) is 29.8. The van der Waals surface area contributed by atoms with Crippen LogP contribution in [-0.2, 0) is 32.6 Å². The largest absolute Gasteiger partial charge is 0.497 e. The Bertz CT molecular complexity index is 1640. The predicted molar refractivity (Wildman–Crippen MR) is 173 cm³/mol. The van der Waals surface area contributed by atoms with Gasteiger partial charge in [-0.3, -0.25) is 13.9 Å². The molecule has 0 heterocycles. The lowest BCUT2D eigenvalue weighted by molar-refractivity contribution is -0.140. The van der Waals surface area contributed by atoms with Crippen molar-refractivity contribution in [2.24, 2.45) is 0 Å². The summed E-state index contributed by atoms with van der Waals surface area (Å²) in [6.07, 6.45) is 0.255. The molecule has 4 aromatic rings. The van der Waals surface area contributed by atoms with Gasteiger partial charge in [0.15, 0.2) is 0 Å². The second kappa shape index (κ2) is 14.7. The van der Waals surface area contributed by atoms with Gasteiger partial charge in [-0.25, -0.2) is 8.42 Å². The summed E-state index contributed by atoms with van der Waals surface area (Å²) in [5.41, 5.74) is 3.01. The summed E-state index contributed by atoms with van der Waals surface area (Å²) < 4.78 is 34.4. The second-order valence-electron chi connectivity index (χ2n) is 10.9. The Morgan fingerprint density at radius 2 is 1.43 bits per heavy atom. The lowest BCUT2D eigenvalue weighted by atomic mass is 10.0. The van der Waals surface area contributed by atoms with Crippen LogP contribution in [0.1, 0.15) is 30.5 Å². The van der Waals surface area contributed by atoms with E-state index in [0.717, 1.165) is 21.0 Å². The highest BCUT2D eigenvalue weighted by atomic mass is 32.2. The fourth-order valence-electron chi connectivity index (χ4n) is 4.94. The molecule has 0 radical (unpaired) electrons. The van der Waals surface area contributed by atoms with Gasteiger partial charge in [-0.15, -0.1) is 0 Å². The molecule has 2 amide bonds. The zero-order valence-corrected chi connectivity index (χ0v) is 26.3. The molecule has 0 aliphatic carbocycles. The van der Waals surface area contributed by atoms with Crippen LogP contribution in [0.25, 0.3) is 0 Å². The highest BCUT2D eigenvalue weighted by Crippen LogP contribution is 2.27. The second-order valence-corrected chi connectivity index (χ2v) is 12.8. The highest BCUT2D eigenvalue weighted by molar-refractivity contribution is 7.92. The molecule has 0 aromatic heterocycles. The van der Waals surface area contributed by atoms with Crippen LogP contribution in [0.4, 0.5) is 5.69 Å². The zero-order chi connectivity index (χ0) is 31.7. The van der Waals surface area contributed by atoms with Crippen LogP contribution < -0.4 is 14.4 Å². The maximum Gasteiger partial charge on any atom is 0.264 e. The molecule has 4 aromatic carbocycles. The van der Waals surface area contributed by atoms with Crippen molar-refractivity contribution in [3.8, 4) is 5.75 Å². The van der Waals surface area contributed by atoms with E-state index in [1.165, 1.54) is 24.1 Å². The molecule has 1 atom stereocenters. The number of methoxy groups -OCH3 is 1. The predicted octanol–water partition coefficient (Wildman–Crippen LogP) is 5.36. The zero-order valence-electron chi connectivity index (χ0n) is 25.5. The van der Waals surface area contributed by atoms with Crippen molar-refractivity contribution in [1.82, 2.24) is 10.2 Å². The number of anilines is 1. The Morgan fingerprint density at radius 3 is 2.02 bits per heavy atom. The molecule has 9 heteroatoms. The van der Waals surface area contributed by atoms with Gasteiger partial charge < -0.3 is 15.0 Å². The van der Waals surface area contributed by atoms with Crippen LogP contribution in [0.5, 0.6) is 5.75 Å². The number of hydrogen-bond acceptors (Lipinski definition) is 5. The van der Waals surface area contributed by atoms with E-state index in [4.69, 9.17) is 4.74 Å². The molecule has 8 nitrogen and oxygen atoms in total. The van der Waals surface area contributed by atoms with Crippen LogP contribution in [0.2, 0.25) is 0 Å². The van der Waals surface area contributed by atoms with Crippen LogP contribution in [0.3, 0.4) is 0 Å². The van der Waals surface area contributed by atoms with E-state index in [9.17, 15) is 18.0 Å². The number of nitrogens with zero attached hydrogens (tertiary/aromatic N) is 2. The van der Waals surface area contributed by atoms with Crippen molar-refractivity contribution < 1.29 is 22.7 Å². The average Bonchev–Trinajstić information content (AvgIpc) is 3.02. The normalized spacial score (nSPS) is 11.9. The van der Waals surface area contributed by atoms with Gasteiger partial charge in [-0.1, -0.05) is 78.4 Å². The van der Waals surface area contributed by atoms with Gasteiger partial charge in [0.25, 0.3) is 10.0 Å². The summed E-state index contributed by atoms with van der Waals surface area (Å²) in [6.45, 7) is 5.28. The molecule has 0 saturated heterocycles. The first-order valence-corrected chi connectivity index (χ1v) is 15.9. The van der Waals surface area contributed by atoms with Crippen LogP contribution >= 0.6 is 0 Å². The number of ether oxygens (including phenoxy) is 1. The van der Waals surface area contributed by atoms with E-state index in [1.54, 1.807) is 42.5 Å². The first-order valence-electron chi connectivity index (χ1n) is 14.5. The van der Waals surface area contributed by atoms with Gasteiger partial charge in [0, 0.05) is 19.0 Å². The van der Waals surface area contributed by atoms with Crippen molar-refractivity contribution in [2.45, 2.75) is 50.7 Å². The first-order chi connectivity index (χ1) is 21.1. The Balaban J connectivity index is 1.80. The number of carbonyl (C=O) groups excluding carboxylic acids is 2. The van der Waals surface area contributed by atoms with E-state index < -0.39 is 28.5 Å². The molecule has 0 aliphatic rings. The summed E-state index contributed by atoms with van der Waals surface area (Å²) in [7, 11) is -2.64. The molecule has 0 spiro atoms.